The molecule has 0 bridgehead atoms. The molecule has 1 amide bonds. The van der Waals surface area contributed by atoms with Crippen LogP contribution in [0.1, 0.15) is 111 Å². The molecule has 0 aliphatic heterocycles. The number of unbranched alkanes of at least 4 members (excludes halogenated alkanes) is 11. The molecule has 0 saturated heterocycles. The molecule has 38 heavy (non-hydrogen) atoms. The number of rotatable bonds is 20. The maximum Gasteiger partial charge on any atom is 0.338 e. The summed E-state index contributed by atoms with van der Waals surface area (Å²) in [5.74, 6) is -0.110. The van der Waals surface area contributed by atoms with Gasteiger partial charge in [-0.2, -0.15) is 0 Å². The van der Waals surface area contributed by atoms with Crippen molar-refractivity contribution in [3.8, 4) is 5.75 Å². The zero-order valence-electron chi connectivity index (χ0n) is 23.1. The van der Waals surface area contributed by atoms with Crippen molar-refractivity contribution in [3.05, 3.63) is 75.9 Å². The minimum atomic E-state index is -0.517. The molecule has 0 radical (unpaired) electrons. The largest absolute Gasteiger partial charge is 0.494 e. The van der Waals surface area contributed by atoms with E-state index in [4.69, 9.17) is 9.47 Å². The minimum absolute atomic E-state index is 0.0326. The molecule has 0 aliphatic carbocycles. The van der Waals surface area contributed by atoms with Gasteiger partial charge in [-0.3, -0.25) is 9.59 Å². The van der Waals surface area contributed by atoms with Gasteiger partial charge < -0.3 is 14.8 Å². The predicted octanol–water partition coefficient (Wildman–Crippen LogP) is 7.10. The number of nitrogens with one attached hydrogen (secondary N) is 1. The second kappa shape index (κ2) is 19.9. The van der Waals surface area contributed by atoms with Gasteiger partial charge in [0.2, 0.25) is 0 Å². The number of hydrogen-bond donors (Lipinski definition) is 1. The van der Waals surface area contributed by atoms with Crippen LogP contribution in [0.3, 0.4) is 0 Å². The van der Waals surface area contributed by atoms with E-state index in [1.54, 1.807) is 0 Å². The fourth-order valence-corrected chi connectivity index (χ4v) is 4.14. The van der Waals surface area contributed by atoms with Crippen molar-refractivity contribution >= 4 is 11.9 Å². The summed E-state index contributed by atoms with van der Waals surface area (Å²) in [5, 5.41) is 2.83. The standard InChI is InChI=1S/C32H45NO5/c1-2-3-4-5-6-7-8-9-10-11-15-24-33-31(35)29-22-20-27(21-23-30(29)34)32(36)38-26-17-16-25-37-28-18-13-12-14-19-28/h12-14,18-23H,2-11,15-17,24-26H2,1H3,(H,33,35). The smallest absolute Gasteiger partial charge is 0.338 e. The van der Waals surface area contributed by atoms with Gasteiger partial charge in [0.1, 0.15) is 5.75 Å². The van der Waals surface area contributed by atoms with Crippen molar-refractivity contribution < 1.29 is 19.1 Å². The highest BCUT2D eigenvalue weighted by Gasteiger charge is 2.11. The monoisotopic (exact) mass is 523 g/mol. The van der Waals surface area contributed by atoms with Crippen LogP contribution in [-0.4, -0.2) is 31.6 Å². The SMILES string of the molecule is CCCCCCCCCCCCCNC(=O)c1ccc(C(=O)OCCCCOc2ccccc2)ccc1=O. The lowest BCUT2D eigenvalue weighted by Crippen LogP contribution is -2.28. The van der Waals surface area contributed by atoms with Crippen LogP contribution in [0.25, 0.3) is 0 Å². The van der Waals surface area contributed by atoms with E-state index in [0.29, 0.717) is 19.6 Å². The first-order chi connectivity index (χ1) is 18.6. The molecule has 208 valence electrons. The lowest BCUT2D eigenvalue weighted by Gasteiger charge is -2.06. The first kappa shape index (κ1) is 31.1. The van der Waals surface area contributed by atoms with Crippen LogP contribution in [0.15, 0.2) is 59.4 Å². The molecule has 0 unspecified atom stereocenters. The van der Waals surface area contributed by atoms with Crippen LogP contribution in [0, 0.1) is 0 Å². The molecule has 6 nitrogen and oxygen atoms in total. The second-order valence-electron chi connectivity index (χ2n) is 9.70. The molecule has 0 heterocycles. The first-order valence-electron chi connectivity index (χ1n) is 14.4. The van der Waals surface area contributed by atoms with E-state index in [0.717, 1.165) is 25.0 Å². The summed E-state index contributed by atoms with van der Waals surface area (Å²) in [7, 11) is 0. The Morgan fingerprint density at radius 3 is 1.97 bits per heavy atom. The number of carbonyl (C=O) groups excluding carboxylic acids is 2. The van der Waals surface area contributed by atoms with E-state index in [1.165, 1.54) is 82.1 Å². The molecule has 0 aliphatic rings. The third-order valence-electron chi connectivity index (χ3n) is 6.44. The van der Waals surface area contributed by atoms with Gasteiger partial charge in [-0.25, -0.2) is 4.79 Å². The van der Waals surface area contributed by atoms with Crippen molar-refractivity contribution in [2.75, 3.05) is 19.8 Å². The van der Waals surface area contributed by atoms with Crippen molar-refractivity contribution in [2.45, 2.75) is 90.4 Å². The number of benzene rings is 1. The maximum absolute atomic E-state index is 12.5. The fraction of sp³-hybridized carbons (Fsp3) is 0.531. The molecular weight excluding hydrogens is 478 g/mol. The number of para-hydroxylation sites is 1. The van der Waals surface area contributed by atoms with Gasteiger partial charge in [-0.1, -0.05) is 89.3 Å². The zero-order valence-corrected chi connectivity index (χ0v) is 23.1. The van der Waals surface area contributed by atoms with Gasteiger partial charge in [-0.05, 0) is 55.7 Å². The summed E-state index contributed by atoms with van der Waals surface area (Å²) in [6, 6.07) is 15.1. The van der Waals surface area contributed by atoms with Crippen LogP contribution in [0.5, 0.6) is 5.75 Å². The Morgan fingerprint density at radius 2 is 1.29 bits per heavy atom. The first-order valence-corrected chi connectivity index (χ1v) is 14.4. The van der Waals surface area contributed by atoms with E-state index in [9.17, 15) is 14.4 Å². The molecule has 6 heteroatoms. The number of carbonyl (C=O) groups is 2. The van der Waals surface area contributed by atoms with Gasteiger partial charge in [0.25, 0.3) is 5.91 Å². The van der Waals surface area contributed by atoms with Gasteiger partial charge in [0.05, 0.1) is 24.3 Å². The van der Waals surface area contributed by atoms with Crippen LogP contribution >= 0.6 is 0 Å². The molecule has 0 spiro atoms. The molecule has 0 aromatic heterocycles. The maximum atomic E-state index is 12.5. The van der Waals surface area contributed by atoms with Gasteiger partial charge in [0, 0.05) is 6.54 Å². The summed E-state index contributed by atoms with van der Waals surface area (Å²) in [4.78, 5) is 37.3. The summed E-state index contributed by atoms with van der Waals surface area (Å²) in [6.07, 6.45) is 15.1. The van der Waals surface area contributed by atoms with Crippen molar-refractivity contribution in [1.29, 1.82) is 0 Å². The normalized spacial score (nSPS) is 10.7. The van der Waals surface area contributed by atoms with Gasteiger partial charge >= 0.3 is 5.97 Å². The van der Waals surface area contributed by atoms with E-state index in [-0.39, 0.29) is 17.7 Å². The summed E-state index contributed by atoms with van der Waals surface area (Å²) in [6.45, 7) is 3.58. The van der Waals surface area contributed by atoms with Crippen LogP contribution in [-0.2, 0) is 4.74 Å². The Balaban J connectivity index is 1.60. The van der Waals surface area contributed by atoms with Crippen molar-refractivity contribution in [1.82, 2.24) is 5.32 Å². The number of esters is 1. The topological polar surface area (TPSA) is 81.7 Å². The molecular formula is C32H45NO5. The fourth-order valence-electron chi connectivity index (χ4n) is 4.14. The third kappa shape index (κ3) is 13.4. The van der Waals surface area contributed by atoms with Crippen LogP contribution in [0.4, 0.5) is 0 Å². The Morgan fingerprint density at radius 1 is 0.684 bits per heavy atom. The van der Waals surface area contributed by atoms with E-state index in [1.807, 2.05) is 30.3 Å². The average Bonchev–Trinajstić information content (AvgIpc) is 3.13. The Hall–Kier alpha value is -3.15. The van der Waals surface area contributed by atoms with Gasteiger partial charge in [0.15, 0.2) is 5.43 Å². The highest BCUT2D eigenvalue weighted by molar-refractivity contribution is 5.95. The minimum Gasteiger partial charge on any atom is -0.494 e. The third-order valence-corrected chi connectivity index (χ3v) is 6.44. The predicted molar refractivity (Wildman–Crippen MR) is 153 cm³/mol. The van der Waals surface area contributed by atoms with E-state index < -0.39 is 17.3 Å². The summed E-state index contributed by atoms with van der Waals surface area (Å²) in [5.41, 5.74) is -0.143. The van der Waals surface area contributed by atoms with E-state index >= 15 is 0 Å². The van der Waals surface area contributed by atoms with Crippen LogP contribution < -0.4 is 15.5 Å². The second-order valence-corrected chi connectivity index (χ2v) is 9.70. The van der Waals surface area contributed by atoms with Crippen molar-refractivity contribution in [2.24, 2.45) is 0 Å². The quantitative estimate of drug-likeness (QED) is 0.148. The zero-order chi connectivity index (χ0) is 27.3. The Kier molecular flexibility index (Phi) is 16.3. The highest BCUT2D eigenvalue weighted by Crippen LogP contribution is 2.11. The Bertz CT molecular complexity index is 992. The Labute approximate surface area is 228 Å². The lowest BCUT2D eigenvalue weighted by molar-refractivity contribution is 0.0494. The molecule has 2 rings (SSSR count). The number of ether oxygens (including phenoxy) is 2. The molecule has 0 atom stereocenters. The van der Waals surface area contributed by atoms with Crippen LogP contribution in [0.2, 0.25) is 0 Å². The molecule has 2 aromatic carbocycles. The van der Waals surface area contributed by atoms with Crippen molar-refractivity contribution in [3.63, 3.8) is 0 Å². The lowest BCUT2D eigenvalue weighted by atomic mass is 10.1. The van der Waals surface area contributed by atoms with E-state index in [2.05, 4.69) is 12.2 Å². The number of amides is 1. The summed E-state index contributed by atoms with van der Waals surface area (Å²) >= 11 is 0. The molecule has 0 fully saturated rings. The summed E-state index contributed by atoms with van der Waals surface area (Å²) < 4.78 is 10.9. The molecule has 2 aromatic rings. The van der Waals surface area contributed by atoms with Gasteiger partial charge in [-0.15, -0.1) is 0 Å². The molecule has 0 saturated carbocycles. The number of hydrogen-bond acceptors (Lipinski definition) is 5. The average molecular weight is 524 g/mol. The highest BCUT2D eigenvalue weighted by atomic mass is 16.5. The molecule has 1 N–H and O–H groups in total.